The second-order valence-corrected chi connectivity index (χ2v) is 6.63. The van der Waals surface area contributed by atoms with Crippen molar-refractivity contribution in [2.45, 2.75) is 38.4 Å². The Morgan fingerprint density at radius 1 is 1.20 bits per heavy atom. The van der Waals surface area contributed by atoms with Crippen LogP contribution in [0.5, 0.6) is 0 Å². The van der Waals surface area contributed by atoms with Gasteiger partial charge in [0.2, 0.25) is 5.91 Å². The molecule has 3 rings (SSSR count). The standard InChI is InChI=1S/C20H24FN3O/c1-23-13-5-3-7-19(23)20(25)24(15-18-6-2-4-12-22-18)14-16-8-10-17(21)11-9-16/h2,4,6,8-12,19H,3,5,7,13-15H2,1H3. The first-order chi connectivity index (χ1) is 12.1. The first kappa shape index (κ1) is 17.5. The molecule has 4 nitrogen and oxygen atoms in total. The van der Waals surface area contributed by atoms with Crippen molar-refractivity contribution in [2.24, 2.45) is 0 Å². The maximum Gasteiger partial charge on any atom is 0.240 e. The summed E-state index contributed by atoms with van der Waals surface area (Å²) >= 11 is 0. The average molecular weight is 341 g/mol. The number of likely N-dealkylation sites (tertiary alicyclic amines) is 1. The second-order valence-electron chi connectivity index (χ2n) is 6.63. The number of hydrogen-bond donors (Lipinski definition) is 0. The van der Waals surface area contributed by atoms with Crippen molar-refractivity contribution in [1.29, 1.82) is 0 Å². The van der Waals surface area contributed by atoms with Crippen molar-refractivity contribution in [3.63, 3.8) is 0 Å². The Balaban J connectivity index is 1.79. The van der Waals surface area contributed by atoms with Gasteiger partial charge in [-0.05, 0) is 56.3 Å². The molecule has 1 saturated heterocycles. The van der Waals surface area contributed by atoms with Crippen LogP contribution in [0.15, 0.2) is 48.7 Å². The zero-order valence-corrected chi connectivity index (χ0v) is 14.6. The summed E-state index contributed by atoms with van der Waals surface area (Å²) in [5.74, 6) is -0.143. The minimum Gasteiger partial charge on any atom is -0.331 e. The lowest BCUT2D eigenvalue weighted by Crippen LogP contribution is -2.48. The van der Waals surface area contributed by atoms with Crippen LogP contribution in [-0.4, -0.2) is 40.3 Å². The lowest BCUT2D eigenvalue weighted by molar-refractivity contribution is -0.139. The molecule has 1 fully saturated rings. The largest absolute Gasteiger partial charge is 0.331 e. The fraction of sp³-hybridized carbons (Fsp3) is 0.400. The monoisotopic (exact) mass is 341 g/mol. The van der Waals surface area contributed by atoms with Crippen LogP contribution < -0.4 is 0 Å². The number of halogens is 1. The van der Waals surface area contributed by atoms with Gasteiger partial charge in [0, 0.05) is 12.7 Å². The number of hydrogen-bond acceptors (Lipinski definition) is 3. The van der Waals surface area contributed by atoms with E-state index in [4.69, 9.17) is 0 Å². The highest BCUT2D eigenvalue weighted by molar-refractivity contribution is 5.82. The van der Waals surface area contributed by atoms with Gasteiger partial charge < -0.3 is 4.90 Å². The van der Waals surface area contributed by atoms with Gasteiger partial charge in [-0.1, -0.05) is 24.6 Å². The predicted molar refractivity (Wildman–Crippen MR) is 95.2 cm³/mol. The second kappa shape index (κ2) is 8.21. The Morgan fingerprint density at radius 3 is 2.68 bits per heavy atom. The molecule has 1 amide bonds. The molecule has 2 aromatic rings. The average Bonchev–Trinajstić information content (AvgIpc) is 2.64. The Hall–Kier alpha value is -2.27. The summed E-state index contributed by atoms with van der Waals surface area (Å²) in [6, 6.07) is 12.0. The van der Waals surface area contributed by atoms with Crippen molar-refractivity contribution in [2.75, 3.05) is 13.6 Å². The van der Waals surface area contributed by atoms with Crippen LogP contribution in [0.25, 0.3) is 0 Å². The van der Waals surface area contributed by atoms with Gasteiger partial charge in [-0.15, -0.1) is 0 Å². The molecule has 0 spiro atoms. The number of aromatic nitrogens is 1. The third-order valence-corrected chi connectivity index (χ3v) is 4.73. The van der Waals surface area contributed by atoms with E-state index in [1.165, 1.54) is 12.1 Å². The molecule has 0 saturated carbocycles. The normalized spacial score (nSPS) is 18.1. The number of benzene rings is 1. The summed E-state index contributed by atoms with van der Waals surface area (Å²) in [5.41, 5.74) is 1.78. The van der Waals surface area contributed by atoms with Crippen molar-refractivity contribution < 1.29 is 9.18 Å². The maximum atomic E-state index is 13.2. The smallest absolute Gasteiger partial charge is 0.240 e. The molecule has 0 radical (unpaired) electrons. The highest BCUT2D eigenvalue weighted by Crippen LogP contribution is 2.20. The lowest BCUT2D eigenvalue weighted by Gasteiger charge is -2.35. The zero-order chi connectivity index (χ0) is 17.6. The molecule has 5 heteroatoms. The number of carbonyl (C=O) groups excluding carboxylic acids is 1. The molecule has 0 aliphatic carbocycles. The van der Waals surface area contributed by atoms with Crippen molar-refractivity contribution in [3.8, 4) is 0 Å². The topological polar surface area (TPSA) is 36.4 Å². The molecule has 25 heavy (non-hydrogen) atoms. The molecule has 2 heterocycles. The van der Waals surface area contributed by atoms with E-state index in [1.54, 1.807) is 18.3 Å². The summed E-state index contributed by atoms with van der Waals surface area (Å²) < 4.78 is 13.2. The van der Waals surface area contributed by atoms with Gasteiger partial charge in [-0.25, -0.2) is 4.39 Å². The molecule has 0 N–H and O–H groups in total. The SMILES string of the molecule is CN1CCCCC1C(=O)N(Cc1ccc(F)cc1)Cc1ccccn1. The quantitative estimate of drug-likeness (QED) is 0.838. The first-order valence-corrected chi connectivity index (χ1v) is 8.77. The first-order valence-electron chi connectivity index (χ1n) is 8.77. The Bertz CT molecular complexity index is 690. The highest BCUT2D eigenvalue weighted by Gasteiger charge is 2.30. The van der Waals surface area contributed by atoms with E-state index in [1.807, 2.05) is 30.1 Å². The number of pyridine rings is 1. The van der Waals surface area contributed by atoms with E-state index in [2.05, 4.69) is 9.88 Å². The summed E-state index contributed by atoms with van der Waals surface area (Å²) in [5, 5.41) is 0. The van der Waals surface area contributed by atoms with Crippen LogP contribution in [0.4, 0.5) is 4.39 Å². The van der Waals surface area contributed by atoms with Crippen LogP contribution in [0.2, 0.25) is 0 Å². The van der Waals surface area contributed by atoms with Crippen molar-refractivity contribution in [3.05, 3.63) is 65.7 Å². The molecule has 1 aromatic heterocycles. The summed E-state index contributed by atoms with van der Waals surface area (Å²) in [4.78, 5) is 21.5. The van der Waals surface area contributed by atoms with E-state index in [0.29, 0.717) is 13.1 Å². The van der Waals surface area contributed by atoms with E-state index in [9.17, 15) is 9.18 Å². The van der Waals surface area contributed by atoms with Crippen LogP contribution in [0.1, 0.15) is 30.5 Å². The maximum absolute atomic E-state index is 13.2. The number of rotatable bonds is 5. The fourth-order valence-corrected chi connectivity index (χ4v) is 3.31. The zero-order valence-electron chi connectivity index (χ0n) is 14.6. The van der Waals surface area contributed by atoms with Gasteiger partial charge in [0.05, 0.1) is 18.3 Å². The van der Waals surface area contributed by atoms with Gasteiger partial charge in [0.1, 0.15) is 5.82 Å². The minimum absolute atomic E-state index is 0.0853. The predicted octanol–water partition coefficient (Wildman–Crippen LogP) is 3.23. The Kier molecular flexibility index (Phi) is 5.76. The number of amides is 1. The van der Waals surface area contributed by atoms with Crippen molar-refractivity contribution >= 4 is 5.91 Å². The van der Waals surface area contributed by atoms with Gasteiger partial charge in [-0.3, -0.25) is 14.7 Å². The summed E-state index contributed by atoms with van der Waals surface area (Å²) in [6.07, 6.45) is 4.84. The fourth-order valence-electron chi connectivity index (χ4n) is 3.31. The molecule has 1 aromatic carbocycles. The summed E-state index contributed by atoms with van der Waals surface area (Å²) in [6.45, 7) is 1.87. The molecule has 1 atom stereocenters. The third kappa shape index (κ3) is 4.63. The minimum atomic E-state index is -0.265. The van der Waals surface area contributed by atoms with Gasteiger partial charge in [-0.2, -0.15) is 0 Å². The van der Waals surface area contributed by atoms with Crippen LogP contribution in [0.3, 0.4) is 0 Å². The van der Waals surface area contributed by atoms with Gasteiger partial charge in [0.25, 0.3) is 0 Å². The Morgan fingerprint density at radius 2 is 2.00 bits per heavy atom. The lowest BCUT2D eigenvalue weighted by atomic mass is 10.0. The number of likely N-dealkylation sites (N-methyl/N-ethyl adjacent to an activating group) is 1. The summed E-state index contributed by atoms with van der Waals surface area (Å²) in [7, 11) is 2.01. The van der Waals surface area contributed by atoms with Crippen molar-refractivity contribution in [1.82, 2.24) is 14.8 Å². The molecule has 1 aliphatic rings. The number of carbonyl (C=O) groups is 1. The third-order valence-electron chi connectivity index (χ3n) is 4.73. The highest BCUT2D eigenvalue weighted by atomic mass is 19.1. The van der Waals surface area contributed by atoms with E-state index >= 15 is 0 Å². The molecular weight excluding hydrogens is 317 g/mol. The molecule has 132 valence electrons. The number of nitrogens with zero attached hydrogens (tertiary/aromatic N) is 3. The van der Waals surface area contributed by atoms with Crippen LogP contribution in [0, 0.1) is 5.82 Å². The van der Waals surface area contributed by atoms with E-state index < -0.39 is 0 Å². The van der Waals surface area contributed by atoms with E-state index in [0.717, 1.165) is 37.1 Å². The van der Waals surface area contributed by atoms with Gasteiger partial charge >= 0.3 is 0 Å². The Labute approximate surface area is 148 Å². The molecular formula is C20H24FN3O. The molecule has 0 bridgehead atoms. The number of piperidine rings is 1. The molecule has 1 unspecified atom stereocenters. The van der Waals surface area contributed by atoms with Crippen LogP contribution >= 0.6 is 0 Å². The molecule has 1 aliphatic heterocycles. The van der Waals surface area contributed by atoms with E-state index in [-0.39, 0.29) is 17.8 Å². The van der Waals surface area contributed by atoms with Gasteiger partial charge in [0.15, 0.2) is 0 Å². The van der Waals surface area contributed by atoms with Crippen LogP contribution in [-0.2, 0) is 17.9 Å².